The minimum Gasteiger partial charge on any atom is -0.444 e. The summed E-state index contributed by atoms with van der Waals surface area (Å²) in [4.78, 5) is 14.3. The van der Waals surface area contributed by atoms with E-state index in [0.717, 1.165) is 26.1 Å². The molecule has 1 aliphatic carbocycles. The van der Waals surface area contributed by atoms with Crippen LogP contribution < -0.4 is 0 Å². The van der Waals surface area contributed by atoms with E-state index < -0.39 is 5.60 Å². The molecular formula is C18H31NO3. The molecule has 1 saturated carbocycles. The molecule has 4 unspecified atom stereocenters. The van der Waals surface area contributed by atoms with Crippen LogP contribution in [0.15, 0.2) is 0 Å². The predicted molar refractivity (Wildman–Crippen MR) is 85.7 cm³/mol. The monoisotopic (exact) mass is 309 g/mol. The number of hydrogen-bond acceptors (Lipinski definition) is 3. The van der Waals surface area contributed by atoms with Crippen molar-refractivity contribution in [3.8, 4) is 0 Å². The number of likely N-dealkylation sites (tertiary alicyclic amines) is 1. The average Bonchev–Trinajstić information content (AvgIpc) is 2.61. The highest BCUT2D eigenvalue weighted by Crippen LogP contribution is 2.42. The van der Waals surface area contributed by atoms with Gasteiger partial charge in [-0.1, -0.05) is 19.3 Å². The Hall–Kier alpha value is -0.770. The lowest BCUT2D eigenvalue weighted by Crippen LogP contribution is -2.37. The summed E-state index contributed by atoms with van der Waals surface area (Å²) in [6.45, 7) is 8.40. The maximum absolute atomic E-state index is 12.4. The van der Waals surface area contributed by atoms with Crippen LogP contribution in [-0.2, 0) is 9.47 Å². The second-order valence-corrected chi connectivity index (χ2v) is 8.31. The van der Waals surface area contributed by atoms with Gasteiger partial charge in [-0.05, 0) is 57.8 Å². The Morgan fingerprint density at radius 2 is 1.82 bits per heavy atom. The summed E-state index contributed by atoms with van der Waals surface area (Å²) in [7, 11) is 0. The zero-order valence-corrected chi connectivity index (χ0v) is 14.3. The first-order valence-electron chi connectivity index (χ1n) is 9.03. The summed E-state index contributed by atoms with van der Waals surface area (Å²) >= 11 is 0. The van der Waals surface area contributed by atoms with Crippen molar-refractivity contribution >= 4 is 6.09 Å². The lowest BCUT2D eigenvalue weighted by molar-refractivity contribution is 0.00347. The maximum Gasteiger partial charge on any atom is 0.410 e. The predicted octanol–water partition coefficient (Wildman–Crippen LogP) is 3.84. The van der Waals surface area contributed by atoms with Crippen LogP contribution in [0.3, 0.4) is 0 Å². The fourth-order valence-corrected chi connectivity index (χ4v) is 4.53. The second-order valence-electron chi connectivity index (χ2n) is 8.31. The van der Waals surface area contributed by atoms with Crippen LogP contribution in [0, 0.1) is 17.8 Å². The van der Waals surface area contributed by atoms with Gasteiger partial charge in [-0.2, -0.15) is 0 Å². The van der Waals surface area contributed by atoms with Gasteiger partial charge in [-0.15, -0.1) is 0 Å². The van der Waals surface area contributed by atoms with Gasteiger partial charge in [0.05, 0.1) is 6.10 Å². The summed E-state index contributed by atoms with van der Waals surface area (Å²) in [6, 6.07) is 0. The number of carbonyl (C=O) groups is 1. The van der Waals surface area contributed by atoms with Gasteiger partial charge in [0.25, 0.3) is 0 Å². The number of ether oxygens (including phenoxy) is 2. The normalized spacial score (nSPS) is 36.0. The minimum absolute atomic E-state index is 0.133. The van der Waals surface area contributed by atoms with Gasteiger partial charge in [0.15, 0.2) is 0 Å². The van der Waals surface area contributed by atoms with Crippen molar-refractivity contribution in [2.45, 2.75) is 71.0 Å². The molecule has 0 aromatic heterocycles. The molecule has 0 radical (unpaired) electrons. The van der Waals surface area contributed by atoms with E-state index in [1.807, 2.05) is 25.7 Å². The van der Waals surface area contributed by atoms with E-state index in [1.165, 1.54) is 32.1 Å². The maximum atomic E-state index is 12.4. The lowest BCUT2D eigenvalue weighted by atomic mass is 9.78. The highest BCUT2D eigenvalue weighted by Gasteiger charge is 2.45. The molecule has 0 aromatic carbocycles. The Morgan fingerprint density at radius 3 is 2.59 bits per heavy atom. The number of amides is 1. The molecule has 4 heteroatoms. The SMILES string of the molecule is CC(C)(C)OC(=O)N1CC2CCOC3CCCCCC3C2C1. The average molecular weight is 309 g/mol. The van der Waals surface area contributed by atoms with Gasteiger partial charge in [0.1, 0.15) is 5.60 Å². The standard InChI is InChI=1S/C18H31NO3/c1-18(2,3)22-17(20)19-11-13-9-10-21-16-8-6-4-5-7-14(16)15(13)12-19/h13-16H,4-12H2,1-3H3. The van der Waals surface area contributed by atoms with Crippen molar-refractivity contribution in [2.24, 2.45) is 17.8 Å². The van der Waals surface area contributed by atoms with Crippen LogP contribution >= 0.6 is 0 Å². The Bertz CT molecular complexity index is 404. The Morgan fingerprint density at radius 1 is 1.05 bits per heavy atom. The van der Waals surface area contributed by atoms with Gasteiger partial charge in [-0.3, -0.25) is 0 Å². The number of hydrogen-bond donors (Lipinski definition) is 0. The molecule has 0 bridgehead atoms. The molecule has 2 aliphatic heterocycles. The lowest BCUT2D eigenvalue weighted by Gasteiger charge is -2.30. The van der Waals surface area contributed by atoms with Crippen LogP contribution in [0.4, 0.5) is 4.79 Å². The van der Waals surface area contributed by atoms with E-state index in [-0.39, 0.29) is 6.09 Å². The third-order valence-corrected chi connectivity index (χ3v) is 5.52. The first kappa shape index (κ1) is 16.1. The van der Waals surface area contributed by atoms with Gasteiger partial charge >= 0.3 is 6.09 Å². The molecule has 2 heterocycles. The molecule has 4 atom stereocenters. The molecule has 1 amide bonds. The molecule has 0 aromatic rings. The molecule has 22 heavy (non-hydrogen) atoms. The topological polar surface area (TPSA) is 38.8 Å². The Balaban J connectivity index is 1.69. The summed E-state index contributed by atoms with van der Waals surface area (Å²) in [5, 5.41) is 0. The van der Waals surface area contributed by atoms with E-state index in [1.54, 1.807) is 0 Å². The van der Waals surface area contributed by atoms with Crippen molar-refractivity contribution < 1.29 is 14.3 Å². The van der Waals surface area contributed by atoms with E-state index >= 15 is 0 Å². The van der Waals surface area contributed by atoms with E-state index in [2.05, 4.69) is 0 Å². The number of fused-ring (bicyclic) bond motifs is 3. The molecule has 0 N–H and O–H groups in total. The van der Waals surface area contributed by atoms with Crippen LogP contribution in [0.25, 0.3) is 0 Å². The second kappa shape index (κ2) is 6.38. The van der Waals surface area contributed by atoms with Crippen LogP contribution in [-0.4, -0.2) is 42.4 Å². The van der Waals surface area contributed by atoms with Gasteiger partial charge in [0.2, 0.25) is 0 Å². The summed E-state index contributed by atoms with van der Waals surface area (Å²) < 4.78 is 11.7. The van der Waals surface area contributed by atoms with Gasteiger partial charge < -0.3 is 14.4 Å². The smallest absolute Gasteiger partial charge is 0.410 e. The van der Waals surface area contributed by atoms with Crippen molar-refractivity contribution in [3.63, 3.8) is 0 Å². The molecule has 4 nitrogen and oxygen atoms in total. The van der Waals surface area contributed by atoms with Crippen molar-refractivity contribution in [1.29, 1.82) is 0 Å². The summed E-state index contributed by atoms with van der Waals surface area (Å²) in [6.07, 6.45) is 7.83. The fraction of sp³-hybridized carbons (Fsp3) is 0.944. The molecule has 2 saturated heterocycles. The zero-order valence-electron chi connectivity index (χ0n) is 14.3. The van der Waals surface area contributed by atoms with E-state index in [0.29, 0.717) is 23.9 Å². The first-order chi connectivity index (χ1) is 10.4. The molecule has 3 rings (SSSR count). The fourth-order valence-electron chi connectivity index (χ4n) is 4.53. The summed E-state index contributed by atoms with van der Waals surface area (Å²) in [5.74, 6) is 1.85. The highest BCUT2D eigenvalue weighted by molar-refractivity contribution is 5.68. The minimum atomic E-state index is -0.407. The summed E-state index contributed by atoms with van der Waals surface area (Å²) in [5.41, 5.74) is -0.407. The number of carbonyl (C=O) groups excluding carboxylic acids is 1. The first-order valence-corrected chi connectivity index (χ1v) is 9.03. The van der Waals surface area contributed by atoms with Gasteiger partial charge in [-0.25, -0.2) is 4.79 Å². The Labute approximate surface area is 134 Å². The highest BCUT2D eigenvalue weighted by atomic mass is 16.6. The van der Waals surface area contributed by atoms with Crippen LogP contribution in [0.5, 0.6) is 0 Å². The van der Waals surface area contributed by atoms with Gasteiger partial charge in [0, 0.05) is 19.7 Å². The van der Waals surface area contributed by atoms with E-state index in [4.69, 9.17) is 9.47 Å². The Kier molecular flexibility index (Phi) is 4.67. The largest absolute Gasteiger partial charge is 0.444 e. The zero-order chi connectivity index (χ0) is 15.7. The quantitative estimate of drug-likeness (QED) is 0.682. The number of nitrogens with zero attached hydrogens (tertiary/aromatic N) is 1. The molecular weight excluding hydrogens is 278 g/mol. The van der Waals surface area contributed by atoms with E-state index in [9.17, 15) is 4.79 Å². The molecule has 3 aliphatic rings. The van der Waals surface area contributed by atoms with Crippen molar-refractivity contribution in [1.82, 2.24) is 4.90 Å². The third-order valence-electron chi connectivity index (χ3n) is 5.52. The third kappa shape index (κ3) is 3.58. The van der Waals surface area contributed by atoms with Crippen molar-refractivity contribution in [2.75, 3.05) is 19.7 Å². The van der Waals surface area contributed by atoms with Crippen LogP contribution in [0.1, 0.15) is 59.3 Å². The van der Waals surface area contributed by atoms with Crippen molar-refractivity contribution in [3.05, 3.63) is 0 Å². The number of rotatable bonds is 0. The van der Waals surface area contributed by atoms with Crippen LogP contribution in [0.2, 0.25) is 0 Å². The molecule has 0 spiro atoms. The molecule has 126 valence electrons. The molecule has 3 fully saturated rings.